The molecule has 1 aliphatic carbocycles. The van der Waals surface area contributed by atoms with Gasteiger partial charge >= 0.3 is 5.97 Å². The first kappa shape index (κ1) is 31.5. The highest BCUT2D eigenvalue weighted by molar-refractivity contribution is 6.31. The van der Waals surface area contributed by atoms with Crippen LogP contribution in [0.5, 0.6) is 0 Å². The van der Waals surface area contributed by atoms with Crippen LogP contribution in [0.25, 0.3) is 0 Å². The van der Waals surface area contributed by atoms with Crippen molar-refractivity contribution in [1.29, 1.82) is 5.26 Å². The molecule has 5 rings (SSSR count). The number of halogens is 2. The van der Waals surface area contributed by atoms with E-state index in [4.69, 9.17) is 27.9 Å². The minimum absolute atomic E-state index is 0.0422. The molecule has 0 spiro atoms. The van der Waals surface area contributed by atoms with Crippen molar-refractivity contribution < 1.29 is 19.4 Å². The number of aryl methyl sites for hydroxylation is 2. The second-order valence-corrected chi connectivity index (χ2v) is 12.3. The summed E-state index contributed by atoms with van der Waals surface area (Å²) in [5, 5.41) is 25.3. The zero-order valence-corrected chi connectivity index (χ0v) is 26.3. The predicted octanol–water partition coefficient (Wildman–Crippen LogP) is 8.34. The average Bonchev–Trinajstić information content (AvgIpc) is 3.01. The Bertz CT molecular complexity index is 1730. The molecule has 0 saturated heterocycles. The van der Waals surface area contributed by atoms with Crippen LogP contribution < -0.4 is 0 Å². The maximum absolute atomic E-state index is 14.9. The molecule has 5 atom stereocenters. The molecule has 0 radical (unpaired) electrons. The summed E-state index contributed by atoms with van der Waals surface area (Å²) in [5.74, 6) is -4.35. The molecule has 1 N–H and O–H groups in total. The van der Waals surface area contributed by atoms with Crippen molar-refractivity contribution in [2.75, 3.05) is 6.61 Å². The lowest BCUT2D eigenvalue weighted by molar-refractivity contribution is -0.164. The van der Waals surface area contributed by atoms with Crippen molar-refractivity contribution in [2.24, 2.45) is 11.3 Å². The van der Waals surface area contributed by atoms with Crippen LogP contribution in [-0.4, -0.2) is 23.5 Å². The number of Topliss-reactive ketones (excluding diaryl/α,β-unsaturated/α-hetero) is 1. The van der Waals surface area contributed by atoms with E-state index in [1.54, 1.807) is 55.5 Å². The van der Waals surface area contributed by atoms with E-state index in [0.717, 1.165) is 16.7 Å². The minimum Gasteiger partial charge on any atom is -0.465 e. The molecule has 0 aromatic heterocycles. The van der Waals surface area contributed by atoms with Crippen LogP contribution in [0.4, 0.5) is 0 Å². The Morgan fingerprint density at radius 3 is 1.91 bits per heavy atom. The molecule has 1 aliphatic rings. The summed E-state index contributed by atoms with van der Waals surface area (Å²) >= 11 is 12.5. The zero-order chi connectivity index (χ0) is 31.6. The van der Waals surface area contributed by atoms with Crippen molar-refractivity contribution in [2.45, 2.75) is 44.6 Å². The molecule has 4 aromatic carbocycles. The Kier molecular flexibility index (Phi) is 9.00. The topological polar surface area (TPSA) is 87.4 Å². The fourth-order valence-corrected chi connectivity index (χ4v) is 7.21. The van der Waals surface area contributed by atoms with E-state index in [1.807, 2.05) is 62.4 Å². The Morgan fingerprint density at radius 2 is 1.39 bits per heavy atom. The highest BCUT2D eigenvalue weighted by atomic mass is 35.5. The van der Waals surface area contributed by atoms with Gasteiger partial charge in [-0.25, -0.2) is 0 Å². The molecule has 0 heterocycles. The first-order chi connectivity index (χ1) is 21.1. The van der Waals surface area contributed by atoms with E-state index < -0.39 is 40.5 Å². The average molecular weight is 627 g/mol. The number of nitrogens with zero attached hydrogens (tertiary/aromatic N) is 1. The zero-order valence-electron chi connectivity index (χ0n) is 24.8. The van der Waals surface area contributed by atoms with Gasteiger partial charge in [-0.3, -0.25) is 9.59 Å². The third-order valence-corrected chi connectivity index (χ3v) is 9.55. The second-order valence-electron chi connectivity index (χ2n) is 11.4. The summed E-state index contributed by atoms with van der Waals surface area (Å²) in [6.45, 7) is 5.53. The molecular formula is C37H33Cl2NO4. The van der Waals surface area contributed by atoms with Crippen LogP contribution in [0.3, 0.4) is 0 Å². The number of ketones is 1. The largest absolute Gasteiger partial charge is 0.465 e. The molecule has 1 saturated carbocycles. The molecule has 0 aliphatic heterocycles. The lowest BCUT2D eigenvalue weighted by atomic mass is 9.47. The predicted molar refractivity (Wildman–Crippen MR) is 172 cm³/mol. The lowest BCUT2D eigenvalue weighted by Crippen LogP contribution is -2.59. The quantitative estimate of drug-likeness (QED) is 0.165. The Morgan fingerprint density at radius 1 is 0.864 bits per heavy atom. The third-order valence-electron chi connectivity index (χ3n) is 9.04. The number of ether oxygens (including phenoxy) is 1. The van der Waals surface area contributed by atoms with Crippen LogP contribution in [0, 0.1) is 36.5 Å². The summed E-state index contributed by atoms with van der Waals surface area (Å²) in [7, 11) is 0. The van der Waals surface area contributed by atoms with Gasteiger partial charge in [0.05, 0.1) is 18.6 Å². The van der Waals surface area contributed by atoms with Crippen molar-refractivity contribution in [3.8, 4) is 6.07 Å². The summed E-state index contributed by atoms with van der Waals surface area (Å²) < 4.78 is 5.71. The van der Waals surface area contributed by atoms with Gasteiger partial charge in [-0.05, 0) is 91.4 Å². The van der Waals surface area contributed by atoms with Gasteiger partial charge in [-0.15, -0.1) is 0 Å². The van der Waals surface area contributed by atoms with Crippen LogP contribution in [0.1, 0.15) is 63.4 Å². The molecule has 44 heavy (non-hydrogen) atoms. The van der Waals surface area contributed by atoms with Crippen molar-refractivity contribution in [1.82, 2.24) is 0 Å². The van der Waals surface area contributed by atoms with Gasteiger partial charge < -0.3 is 9.84 Å². The molecule has 7 heteroatoms. The molecule has 1 fully saturated rings. The van der Waals surface area contributed by atoms with Gasteiger partial charge in [0.1, 0.15) is 5.60 Å². The van der Waals surface area contributed by atoms with Crippen molar-refractivity contribution in [3.63, 3.8) is 0 Å². The van der Waals surface area contributed by atoms with Crippen LogP contribution in [0.2, 0.25) is 10.0 Å². The second kappa shape index (κ2) is 12.6. The smallest absolute Gasteiger partial charge is 0.327 e. The number of esters is 1. The minimum atomic E-state index is -1.88. The number of rotatable bonds is 7. The summed E-state index contributed by atoms with van der Waals surface area (Å²) in [5.41, 5.74) is 0.0288. The molecular weight excluding hydrogens is 593 g/mol. The van der Waals surface area contributed by atoms with Gasteiger partial charge in [0.25, 0.3) is 0 Å². The summed E-state index contributed by atoms with van der Waals surface area (Å²) in [6.07, 6.45) is -0.0990. The van der Waals surface area contributed by atoms with Gasteiger partial charge in [0.15, 0.2) is 11.2 Å². The van der Waals surface area contributed by atoms with Crippen molar-refractivity contribution >= 4 is 35.0 Å². The monoisotopic (exact) mass is 625 g/mol. The first-order valence-corrected chi connectivity index (χ1v) is 15.3. The number of nitriles is 1. The van der Waals surface area contributed by atoms with E-state index >= 15 is 0 Å². The summed E-state index contributed by atoms with van der Waals surface area (Å²) in [4.78, 5) is 29.3. The number of carbonyl (C=O) groups excluding carboxylic acids is 2. The van der Waals surface area contributed by atoms with E-state index in [-0.39, 0.29) is 13.0 Å². The van der Waals surface area contributed by atoms with Crippen LogP contribution in [-0.2, 0) is 15.1 Å². The Labute approximate surface area is 268 Å². The number of carbonyl (C=O) groups is 2. The molecule has 0 bridgehead atoms. The first-order valence-electron chi connectivity index (χ1n) is 14.6. The van der Waals surface area contributed by atoms with E-state index in [2.05, 4.69) is 6.07 Å². The number of aliphatic hydroxyl groups is 1. The standard InChI is InChI=1S/C37H33Cl2NO4/c1-4-44-35(42)36(22-40)31(29-11-7-5-9-23(29)2)21-37(43,26-15-19-28(39)20-16-26)33(32(36)30-12-8-6-10-24(30)3)34(41)25-13-17-27(38)18-14-25/h5-20,31-33,43H,4,21H2,1-3H3/t31-,32+,33+,36+,37-/m0/s1. The molecule has 5 nitrogen and oxygen atoms in total. The van der Waals surface area contributed by atoms with Gasteiger partial charge in [0.2, 0.25) is 0 Å². The van der Waals surface area contributed by atoms with E-state index in [0.29, 0.717) is 26.7 Å². The van der Waals surface area contributed by atoms with E-state index in [1.165, 1.54) is 0 Å². The Hall–Kier alpha value is -3.95. The maximum Gasteiger partial charge on any atom is 0.327 e. The highest BCUT2D eigenvalue weighted by Crippen LogP contribution is 2.64. The van der Waals surface area contributed by atoms with Crippen molar-refractivity contribution in [3.05, 3.63) is 140 Å². The maximum atomic E-state index is 14.9. The van der Waals surface area contributed by atoms with E-state index in [9.17, 15) is 20.0 Å². The number of hydrogen-bond donors (Lipinski definition) is 1. The number of benzene rings is 4. The lowest BCUT2D eigenvalue weighted by Gasteiger charge is -2.54. The van der Waals surface area contributed by atoms with Gasteiger partial charge in [0, 0.05) is 27.4 Å². The fourth-order valence-electron chi connectivity index (χ4n) is 6.96. The molecule has 4 aromatic rings. The summed E-state index contributed by atoms with van der Waals surface area (Å²) in [6, 6.07) is 30.5. The third kappa shape index (κ3) is 5.32. The normalized spacial score (nSPS) is 24.7. The molecule has 0 unspecified atom stereocenters. The van der Waals surface area contributed by atoms with Crippen LogP contribution in [0.15, 0.2) is 97.1 Å². The fraction of sp³-hybridized carbons (Fsp3) is 0.270. The Balaban J connectivity index is 1.93. The van der Waals surface area contributed by atoms with Crippen LogP contribution >= 0.6 is 23.2 Å². The van der Waals surface area contributed by atoms with Gasteiger partial charge in [-0.2, -0.15) is 5.26 Å². The number of hydrogen-bond acceptors (Lipinski definition) is 5. The SMILES string of the molecule is CCOC(=O)[C@@]1(C#N)[C@H](c2ccccc2C)[C@H](C(=O)c2ccc(Cl)cc2)[C@@](O)(c2ccc(Cl)cc2)C[C@H]1c1ccccc1C. The molecule has 0 amide bonds. The molecule has 224 valence electrons. The van der Waals surface area contributed by atoms with Gasteiger partial charge in [-0.1, -0.05) is 83.9 Å². The highest BCUT2D eigenvalue weighted by Gasteiger charge is 2.68.